The van der Waals surface area contributed by atoms with Crippen molar-refractivity contribution in [3.8, 4) is 5.75 Å². The van der Waals surface area contributed by atoms with Crippen LogP contribution >= 0.6 is 15.9 Å². The SMILES string of the molecule is C=CCN1CC[C@]23CCCC[C@H]2[C@H]1Cc1ccc(OCc2ccccc2Br)cc13. The molecule has 2 nitrogen and oxygen atoms in total. The molecule has 1 saturated heterocycles. The highest BCUT2D eigenvalue weighted by molar-refractivity contribution is 9.10. The smallest absolute Gasteiger partial charge is 0.120 e. The number of ether oxygens (including phenoxy) is 1. The van der Waals surface area contributed by atoms with Crippen LogP contribution in [0, 0.1) is 5.92 Å². The molecule has 0 spiro atoms. The predicted octanol–water partition coefficient (Wildman–Crippen LogP) is 6.27. The van der Waals surface area contributed by atoms with Gasteiger partial charge >= 0.3 is 0 Å². The number of halogens is 1. The molecule has 0 N–H and O–H groups in total. The number of piperidine rings is 1. The number of hydrogen-bond acceptors (Lipinski definition) is 2. The van der Waals surface area contributed by atoms with Crippen molar-refractivity contribution in [2.75, 3.05) is 13.1 Å². The van der Waals surface area contributed by atoms with E-state index in [0.29, 0.717) is 18.1 Å². The Balaban J connectivity index is 1.46. The molecule has 3 atom stereocenters. The number of benzene rings is 2. The molecule has 0 radical (unpaired) electrons. The molecule has 2 bridgehead atoms. The second kappa shape index (κ2) is 7.92. The summed E-state index contributed by atoms with van der Waals surface area (Å²) in [7, 11) is 0. The summed E-state index contributed by atoms with van der Waals surface area (Å²) in [6.45, 7) is 6.84. The zero-order valence-electron chi connectivity index (χ0n) is 17.1. The summed E-state index contributed by atoms with van der Waals surface area (Å²) >= 11 is 3.64. The summed E-state index contributed by atoms with van der Waals surface area (Å²) in [5.74, 6) is 1.81. The van der Waals surface area contributed by atoms with Crippen molar-refractivity contribution in [2.24, 2.45) is 5.92 Å². The third-order valence-electron chi connectivity index (χ3n) is 7.64. The highest BCUT2D eigenvalue weighted by Gasteiger charge is 2.53. The lowest BCUT2D eigenvalue weighted by Crippen LogP contribution is -2.60. The zero-order chi connectivity index (χ0) is 19.8. The molecule has 3 heteroatoms. The van der Waals surface area contributed by atoms with E-state index in [2.05, 4.69) is 69.9 Å². The van der Waals surface area contributed by atoms with Gasteiger partial charge in [-0.3, -0.25) is 4.90 Å². The molecule has 2 aliphatic carbocycles. The number of rotatable bonds is 5. The van der Waals surface area contributed by atoms with E-state index in [-0.39, 0.29) is 0 Å². The molecule has 2 aromatic carbocycles. The van der Waals surface area contributed by atoms with Crippen LogP contribution in [-0.2, 0) is 18.4 Å². The Morgan fingerprint density at radius 2 is 2.07 bits per heavy atom. The second-order valence-corrected chi connectivity index (χ2v) is 9.87. The van der Waals surface area contributed by atoms with Crippen molar-refractivity contribution in [3.63, 3.8) is 0 Å². The maximum absolute atomic E-state index is 6.26. The monoisotopic (exact) mass is 451 g/mol. The highest BCUT2D eigenvalue weighted by Crippen LogP contribution is 2.56. The summed E-state index contributed by atoms with van der Waals surface area (Å²) < 4.78 is 7.37. The van der Waals surface area contributed by atoms with Crippen molar-refractivity contribution in [1.82, 2.24) is 4.90 Å². The summed E-state index contributed by atoms with van der Waals surface area (Å²) in [6.07, 6.45) is 10.0. The first-order chi connectivity index (χ1) is 14.2. The predicted molar refractivity (Wildman–Crippen MR) is 122 cm³/mol. The summed E-state index contributed by atoms with van der Waals surface area (Å²) in [5.41, 5.74) is 4.70. The van der Waals surface area contributed by atoms with Gasteiger partial charge in [-0.1, -0.05) is 59.1 Å². The molecule has 3 aliphatic rings. The average Bonchev–Trinajstić information content (AvgIpc) is 2.75. The molecular formula is C26H30BrNO. The van der Waals surface area contributed by atoms with Crippen LogP contribution in [-0.4, -0.2) is 24.0 Å². The summed E-state index contributed by atoms with van der Waals surface area (Å²) in [5, 5.41) is 0. The molecule has 2 fully saturated rings. The van der Waals surface area contributed by atoms with E-state index in [1.54, 1.807) is 11.1 Å². The fraction of sp³-hybridized carbons (Fsp3) is 0.462. The molecule has 5 rings (SSSR count). The molecule has 0 unspecified atom stereocenters. The van der Waals surface area contributed by atoms with E-state index in [1.807, 2.05) is 6.07 Å². The lowest BCUT2D eigenvalue weighted by molar-refractivity contribution is -0.00521. The minimum atomic E-state index is 0.362. The van der Waals surface area contributed by atoms with Gasteiger partial charge in [-0.15, -0.1) is 6.58 Å². The molecule has 29 heavy (non-hydrogen) atoms. The number of nitrogens with zero attached hydrogens (tertiary/aromatic N) is 1. The van der Waals surface area contributed by atoms with Gasteiger partial charge in [0.2, 0.25) is 0 Å². The van der Waals surface area contributed by atoms with E-state index in [9.17, 15) is 0 Å². The molecule has 1 saturated carbocycles. The van der Waals surface area contributed by atoms with E-state index in [4.69, 9.17) is 4.74 Å². The minimum Gasteiger partial charge on any atom is -0.489 e. The fourth-order valence-electron chi connectivity index (χ4n) is 6.32. The molecule has 1 aliphatic heterocycles. The van der Waals surface area contributed by atoms with Gasteiger partial charge < -0.3 is 4.74 Å². The molecule has 0 amide bonds. The zero-order valence-corrected chi connectivity index (χ0v) is 18.7. The second-order valence-electron chi connectivity index (χ2n) is 9.01. The molecular weight excluding hydrogens is 422 g/mol. The van der Waals surface area contributed by atoms with Crippen molar-refractivity contribution in [1.29, 1.82) is 0 Å². The van der Waals surface area contributed by atoms with E-state index in [0.717, 1.165) is 22.7 Å². The third kappa shape index (κ3) is 3.37. The number of likely N-dealkylation sites (tertiary alicyclic amines) is 1. The van der Waals surface area contributed by atoms with E-state index >= 15 is 0 Å². The first-order valence-electron chi connectivity index (χ1n) is 11.1. The van der Waals surface area contributed by atoms with Crippen LogP contribution in [0.1, 0.15) is 48.8 Å². The van der Waals surface area contributed by atoms with Crippen molar-refractivity contribution >= 4 is 15.9 Å². The van der Waals surface area contributed by atoms with Crippen LogP contribution in [0.4, 0.5) is 0 Å². The van der Waals surface area contributed by atoms with Gasteiger partial charge in [-0.25, -0.2) is 0 Å². The Kier molecular flexibility index (Phi) is 5.30. The quantitative estimate of drug-likeness (QED) is 0.496. The molecule has 152 valence electrons. The van der Waals surface area contributed by atoms with Crippen LogP contribution in [0.15, 0.2) is 59.6 Å². The summed E-state index contributed by atoms with van der Waals surface area (Å²) in [4.78, 5) is 2.70. The third-order valence-corrected chi connectivity index (χ3v) is 8.41. The molecule has 1 heterocycles. The Morgan fingerprint density at radius 1 is 1.17 bits per heavy atom. The largest absolute Gasteiger partial charge is 0.489 e. The average molecular weight is 452 g/mol. The van der Waals surface area contributed by atoms with E-state index in [1.165, 1.54) is 50.6 Å². The lowest BCUT2D eigenvalue weighted by atomic mass is 9.52. The number of hydrogen-bond donors (Lipinski definition) is 0. The van der Waals surface area contributed by atoms with Gasteiger partial charge in [0, 0.05) is 28.0 Å². The van der Waals surface area contributed by atoms with Gasteiger partial charge in [0.05, 0.1) is 0 Å². The van der Waals surface area contributed by atoms with Crippen molar-refractivity contribution < 1.29 is 4.74 Å². The van der Waals surface area contributed by atoms with Crippen molar-refractivity contribution in [2.45, 2.75) is 56.6 Å². The lowest BCUT2D eigenvalue weighted by Gasteiger charge is -2.59. The van der Waals surface area contributed by atoms with Crippen LogP contribution in [0.3, 0.4) is 0 Å². The van der Waals surface area contributed by atoms with Crippen molar-refractivity contribution in [3.05, 3.63) is 76.3 Å². The Bertz CT molecular complexity index is 909. The van der Waals surface area contributed by atoms with Crippen LogP contribution in [0.25, 0.3) is 0 Å². The summed E-state index contributed by atoms with van der Waals surface area (Å²) in [6, 6.07) is 15.9. The highest BCUT2D eigenvalue weighted by atomic mass is 79.9. The first kappa shape index (κ1) is 19.4. The fourth-order valence-corrected chi connectivity index (χ4v) is 6.72. The van der Waals surface area contributed by atoms with Gasteiger partial charge in [0.25, 0.3) is 0 Å². The Hall–Kier alpha value is -1.58. The maximum Gasteiger partial charge on any atom is 0.120 e. The first-order valence-corrected chi connectivity index (χ1v) is 11.9. The Morgan fingerprint density at radius 3 is 2.93 bits per heavy atom. The van der Waals surface area contributed by atoms with Gasteiger partial charge in [0.15, 0.2) is 0 Å². The van der Waals surface area contributed by atoms with Gasteiger partial charge in [-0.2, -0.15) is 0 Å². The minimum absolute atomic E-state index is 0.362. The maximum atomic E-state index is 6.26. The normalized spacial score (nSPS) is 28.3. The molecule has 0 aromatic heterocycles. The number of fused-ring (bicyclic) bond motifs is 1. The van der Waals surface area contributed by atoms with E-state index < -0.39 is 0 Å². The molecule has 2 aromatic rings. The van der Waals surface area contributed by atoms with Gasteiger partial charge in [0.1, 0.15) is 12.4 Å². The van der Waals surface area contributed by atoms with Crippen LogP contribution in [0.2, 0.25) is 0 Å². The van der Waals surface area contributed by atoms with Crippen LogP contribution in [0.5, 0.6) is 5.75 Å². The van der Waals surface area contributed by atoms with Gasteiger partial charge in [-0.05, 0) is 67.5 Å². The topological polar surface area (TPSA) is 12.5 Å². The standard InChI is InChI=1S/C26H30BrNO/c1-2-14-28-15-13-26-12-6-5-8-22(26)25(28)16-19-10-11-21(17-23(19)26)29-18-20-7-3-4-9-24(20)27/h2-4,7,9-11,17,22,25H,1,5-6,8,12-16,18H2/t22-,25+,26+/m0/s1. The van der Waals surface area contributed by atoms with Crippen LogP contribution < -0.4 is 4.74 Å². The Labute approximate surface area is 183 Å².